The number of benzene rings is 1. The van der Waals surface area contributed by atoms with Gasteiger partial charge in [-0.15, -0.1) is 12.4 Å². The molecule has 6 nitrogen and oxygen atoms in total. The molecule has 1 atom stereocenters. The molecule has 0 aromatic heterocycles. The third-order valence-corrected chi connectivity index (χ3v) is 3.94. The van der Waals surface area contributed by atoms with Gasteiger partial charge < -0.3 is 20.7 Å². The van der Waals surface area contributed by atoms with Gasteiger partial charge in [0.15, 0.2) is 6.61 Å². The van der Waals surface area contributed by atoms with E-state index in [2.05, 4.69) is 16.0 Å². The summed E-state index contributed by atoms with van der Waals surface area (Å²) in [6, 6.07) is 3.23. The van der Waals surface area contributed by atoms with Gasteiger partial charge in [0.1, 0.15) is 5.75 Å². The zero-order valence-corrected chi connectivity index (χ0v) is 13.4. The summed E-state index contributed by atoms with van der Waals surface area (Å²) in [5.41, 5.74) is 1.02. The lowest BCUT2D eigenvalue weighted by atomic mass is 9.99. The molecule has 3 N–H and O–H groups in total. The van der Waals surface area contributed by atoms with E-state index in [-0.39, 0.29) is 36.7 Å². The number of piperidine rings is 1. The maximum absolute atomic E-state index is 12.2. The smallest absolute Gasteiger partial charge is 0.262 e. The van der Waals surface area contributed by atoms with E-state index < -0.39 is 0 Å². The topological polar surface area (TPSA) is 79.5 Å². The predicted octanol–water partition coefficient (Wildman–Crippen LogP) is 2.03. The van der Waals surface area contributed by atoms with Crippen molar-refractivity contribution < 1.29 is 14.3 Å². The van der Waals surface area contributed by atoms with Crippen LogP contribution in [0.2, 0.25) is 5.02 Å². The van der Waals surface area contributed by atoms with Gasteiger partial charge in [-0.3, -0.25) is 9.59 Å². The minimum absolute atomic E-state index is 0. The lowest BCUT2D eigenvalue weighted by Gasteiger charge is -2.23. The Bertz CT molecular complexity index is 589. The van der Waals surface area contributed by atoms with E-state index in [0.717, 1.165) is 19.4 Å². The standard InChI is InChI=1S/C14H16ClN3O3.ClH/c15-9-4-11-12(21-7-13(19)17-11)5-10(9)18-14(20)8-2-1-3-16-6-8;/h4-5,8,16H,1-3,6-7H2,(H,17,19)(H,18,20);1H/t8-;/m1./s1. The van der Waals surface area contributed by atoms with Crippen LogP contribution in [0.25, 0.3) is 0 Å². The van der Waals surface area contributed by atoms with E-state index >= 15 is 0 Å². The molecule has 0 spiro atoms. The molecule has 3 rings (SSSR count). The van der Waals surface area contributed by atoms with Crippen LogP contribution in [0.1, 0.15) is 12.8 Å². The minimum atomic E-state index is -0.219. The second kappa shape index (κ2) is 7.17. The zero-order chi connectivity index (χ0) is 14.8. The van der Waals surface area contributed by atoms with Crippen LogP contribution in [0.15, 0.2) is 12.1 Å². The number of rotatable bonds is 2. The number of fused-ring (bicyclic) bond motifs is 1. The number of halogens is 2. The second-order valence-electron chi connectivity index (χ2n) is 5.20. The van der Waals surface area contributed by atoms with Gasteiger partial charge in [-0.05, 0) is 25.5 Å². The van der Waals surface area contributed by atoms with Crippen molar-refractivity contribution in [3.8, 4) is 5.75 Å². The average molecular weight is 346 g/mol. The molecule has 1 saturated heterocycles. The van der Waals surface area contributed by atoms with Gasteiger partial charge in [-0.25, -0.2) is 0 Å². The summed E-state index contributed by atoms with van der Waals surface area (Å²) in [6.45, 7) is 1.60. The van der Waals surface area contributed by atoms with Gasteiger partial charge in [0.2, 0.25) is 5.91 Å². The van der Waals surface area contributed by atoms with E-state index in [1.54, 1.807) is 12.1 Å². The lowest BCUT2D eigenvalue weighted by Crippen LogP contribution is -2.37. The average Bonchev–Trinajstić information content (AvgIpc) is 2.49. The molecule has 2 amide bonds. The first-order valence-electron chi connectivity index (χ1n) is 6.91. The highest BCUT2D eigenvalue weighted by atomic mass is 35.5. The maximum atomic E-state index is 12.2. The van der Waals surface area contributed by atoms with Crippen LogP contribution >= 0.6 is 24.0 Å². The van der Waals surface area contributed by atoms with E-state index in [1.165, 1.54) is 0 Å². The quantitative estimate of drug-likeness (QED) is 0.766. The SMILES string of the molecule is Cl.O=C1COc2cc(NC(=O)[C@@H]3CCCNC3)c(Cl)cc2N1. The summed E-state index contributed by atoms with van der Waals surface area (Å²) in [6.07, 6.45) is 1.86. The fourth-order valence-corrected chi connectivity index (χ4v) is 2.72. The third-order valence-electron chi connectivity index (χ3n) is 3.63. The van der Waals surface area contributed by atoms with E-state index in [9.17, 15) is 9.59 Å². The van der Waals surface area contributed by atoms with Gasteiger partial charge in [0, 0.05) is 12.6 Å². The number of anilines is 2. The Kier molecular flexibility index (Phi) is 5.50. The van der Waals surface area contributed by atoms with Crippen molar-refractivity contribution in [3.05, 3.63) is 17.2 Å². The van der Waals surface area contributed by atoms with Crippen molar-refractivity contribution in [1.82, 2.24) is 5.32 Å². The predicted molar refractivity (Wildman–Crippen MR) is 87.0 cm³/mol. The van der Waals surface area contributed by atoms with E-state index in [4.69, 9.17) is 16.3 Å². The molecule has 1 fully saturated rings. The Morgan fingerprint density at radius 1 is 1.41 bits per heavy atom. The van der Waals surface area contributed by atoms with Crippen LogP contribution in [0.4, 0.5) is 11.4 Å². The number of nitrogens with one attached hydrogen (secondary N) is 3. The molecule has 0 radical (unpaired) electrons. The van der Waals surface area contributed by atoms with Crippen molar-refractivity contribution in [3.63, 3.8) is 0 Å². The number of hydrogen-bond donors (Lipinski definition) is 3. The first-order chi connectivity index (χ1) is 10.1. The number of amides is 2. The molecule has 22 heavy (non-hydrogen) atoms. The molecule has 0 unspecified atom stereocenters. The molecule has 2 aliphatic heterocycles. The van der Waals surface area contributed by atoms with Crippen LogP contribution in [0.5, 0.6) is 5.75 Å². The zero-order valence-electron chi connectivity index (χ0n) is 11.8. The van der Waals surface area contributed by atoms with Crippen molar-refractivity contribution in [2.75, 3.05) is 30.3 Å². The molecular formula is C14H17Cl2N3O3. The molecular weight excluding hydrogens is 329 g/mol. The Hall–Kier alpha value is -1.50. The maximum Gasteiger partial charge on any atom is 0.262 e. The Labute approximate surface area is 139 Å². The van der Waals surface area contributed by atoms with Crippen molar-refractivity contribution in [1.29, 1.82) is 0 Å². The largest absolute Gasteiger partial charge is 0.482 e. The molecule has 0 bridgehead atoms. The molecule has 2 heterocycles. The highest BCUT2D eigenvalue weighted by Crippen LogP contribution is 2.36. The molecule has 1 aromatic carbocycles. The molecule has 0 aliphatic carbocycles. The van der Waals surface area contributed by atoms with Crippen LogP contribution in [0, 0.1) is 5.92 Å². The fraction of sp³-hybridized carbons (Fsp3) is 0.429. The normalized spacial score (nSPS) is 20.0. The van der Waals surface area contributed by atoms with Crippen LogP contribution in [0.3, 0.4) is 0 Å². The van der Waals surface area contributed by atoms with Gasteiger partial charge in [0.05, 0.1) is 22.3 Å². The lowest BCUT2D eigenvalue weighted by molar-refractivity contribution is -0.120. The summed E-state index contributed by atoms with van der Waals surface area (Å²) in [7, 11) is 0. The molecule has 1 aromatic rings. The Balaban J connectivity index is 0.00000176. The minimum Gasteiger partial charge on any atom is -0.482 e. The summed E-state index contributed by atoms with van der Waals surface area (Å²) in [5.74, 6) is 0.190. The van der Waals surface area contributed by atoms with Gasteiger partial charge in [0.25, 0.3) is 5.91 Å². The summed E-state index contributed by atoms with van der Waals surface area (Å²) in [4.78, 5) is 23.5. The Morgan fingerprint density at radius 3 is 2.95 bits per heavy atom. The van der Waals surface area contributed by atoms with E-state index in [1.807, 2.05) is 0 Å². The van der Waals surface area contributed by atoms with Crippen LogP contribution < -0.4 is 20.7 Å². The number of carbonyl (C=O) groups excluding carboxylic acids is 2. The monoisotopic (exact) mass is 345 g/mol. The molecule has 2 aliphatic rings. The number of carbonyl (C=O) groups is 2. The van der Waals surface area contributed by atoms with Crippen molar-refractivity contribution in [2.24, 2.45) is 5.92 Å². The number of hydrogen-bond acceptors (Lipinski definition) is 4. The molecule has 8 heteroatoms. The second-order valence-corrected chi connectivity index (χ2v) is 5.60. The highest BCUT2D eigenvalue weighted by Gasteiger charge is 2.23. The number of ether oxygens (including phenoxy) is 1. The van der Waals surface area contributed by atoms with Gasteiger partial charge >= 0.3 is 0 Å². The van der Waals surface area contributed by atoms with Gasteiger partial charge in [-0.1, -0.05) is 11.6 Å². The summed E-state index contributed by atoms with van der Waals surface area (Å²) in [5, 5.41) is 9.09. The van der Waals surface area contributed by atoms with E-state index in [0.29, 0.717) is 28.7 Å². The fourth-order valence-electron chi connectivity index (χ4n) is 2.51. The Morgan fingerprint density at radius 2 is 2.23 bits per heavy atom. The third kappa shape index (κ3) is 3.63. The first kappa shape index (κ1) is 16.9. The van der Waals surface area contributed by atoms with Crippen molar-refractivity contribution >= 4 is 47.2 Å². The molecule has 0 saturated carbocycles. The first-order valence-corrected chi connectivity index (χ1v) is 7.29. The molecule has 120 valence electrons. The van der Waals surface area contributed by atoms with Crippen molar-refractivity contribution in [2.45, 2.75) is 12.8 Å². The van der Waals surface area contributed by atoms with Gasteiger partial charge in [-0.2, -0.15) is 0 Å². The van der Waals surface area contributed by atoms with Crippen LogP contribution in [-0.4, -0.2) is 31.5 Å². The highest BCUT2D eigenvalue weighted by molar-refractivity contribution is 6.34. The summed E-state index contributed by atoms with van der Waals surface area (Å²) < 4.78 is 5.32. The summed E-state index contributed by atoms with van der Waals surface area (Å²) >= 11 is 6.15. The van der Waals surface area contributed by atoms with Crippen LogP contribution in [-0.2, 0) is 9.59 Å².